The topological polar surface area (TPSA) is 26.0 Å². The summed E-state index contributed by atoms with van der Waals surface area (Å²) in [4.78, 5) is 4.65. The van der Waals surface area contributed by atoms with Crippen molar-refractivity contribution in [2.75, 3.05) is 0 Å². The van der Waals surface area contributed by atoms with Crippen LogP contribution in [0, 0.1) is 13.8 Å². The number of allylic oxidation sites excluding steroid dienone is 1. The molecule has 0 spiro atoms. The summed E-state index contributed by atoms with van der Waals surface area (Å²) in [5.41, 5.74) is 5.62. The molecule has 0 bridgehead atoms. The Hall–Kier alpha value is -2.61. The summed E-state index contributed by atoms with van der Waals surface area (Å²) in [6, 6.07) is 18.5. The highest BCUT2D eigenvalue weighted by Crippen LogP contribution is 2.24. The molecule has 0 amide bonds. The van der Waals surface area contributed by atoms with Crippen molar-refractivity contribution in [3.05, 3.63) is 83.8 Å². The van der Waals surface area contributed by atoms with Crippen molar-refractivity contribution in [2.24, 2.45) is 0 Å². The van der Waals surface area contributed by atoms with E-state index in [4.69, 9.17) is 4.42 Å². The summed E-state index contributed by atoms with van der Waals surface area (Å²) in [5, 5.41) is 0. The molecule has 2 nitrogen and oxygen atoms in total. The van der Waals surface area contributed by atoms with E-state index in [-0.39, 0.29) is 0 Å². The molecule has 0 radical (unpaired) electrons. The second-order valence-corrected chi connectivity index (χ2v) is 5.86. The molecule has 116 valence electrons. The van der Waals surface area contributed by atoms with Crippen molar-refractivity contribution in [1.82, 2.24) is 4.98 Å². The van der Waals surface area contributed by atoms with Gasteiger partial charge in [0.1, 0.15) is 5.76 Å². The van der Waals surface area contributed by atoms with Gasteiger partial charge in [0, 0.05) is 5.56 Å². The predicted molar refractivity (Wildman–Crippen MR) is 95.2 cm³/mol. The van der Waals surface area contributed by atoms with Crippen molar-refractivity contribution in [3.8, 4) is 11.5 Å². The lowest BCUT2D eigenvalue weighted by molar-refractivity contribution is 0.539. The van der Waals surface area contributed by atoms with Gasteiger partial charge in [0.05, 0.1) is 5.69 Å². The van der Waals surface area contributed by atoms with E-state index in [1.165, 1.54) is 11.1 Å². The van der Waals surface area contributed by atoms with E-state index in [1.807, 2.05) is 37.3 Å². The number of aryl methyl sites for hydroxylation is 3. The molecule has 0 aliphatic rings. The maximum absolute atomic E-state index is 5.81. The SMILES string of the molecule is C=C(CCc1nc(-c2ccccc2)oc1C)c1ccc(C)cc1. The number of oxazole rings is 1. The summed E-state index contributed by atoms with van der Waals surface area (Å²) in [7, 11) is 0. The van der Waals surface area contributed by atoms with Gasteiger partial charge in [-0.3, -0.25) is 0 Å². The number of benzene rings is 2. The van der Waals surface area contributed by atoms with Crippen LogP contribution in [0.25, 0.3) is 17.0 Å². The maximum Gasteiger partial charge on any atom is 0.226 e. The van der Waals surface area contributed by atoms with E-state index in [2.05, 4.69) is 42.8 Å². The number of aromatic nitrogens is 1. The largest absolute Gasteiger partial charge is 0.441 e. The molecule has 0 aliphatic carbocycles. The number of hydrogen-bond donors (Lipinski definition) is 0. The third-order valence-electron chi connectivity index (χ3n) is 4.04. The first kappa shape index (κ1) is 15.3. The van der Waals surface area contributed by atoms with E-state index in [9.17, 15) is 0 Å². The summed E-state index contributed by atoms with van der Waals surface area (Å²) in [5.74, 6) is 1.58. The van der Waals surface area contributed by atoms with Crippen LogP contribution >= 0.6 is 0 Å². The number of hydrogen-bond acceptors (Lipinski definition) is 2. The molecule has 1 heterocycles. The van der Waals surface area contributed by atoms with Gasteiger partial charge >= 0.3 is 0 Å². The molecule has 0 saturated heterocycles. The first-order valence-corrected chi connectivity index (χ1v) is 7.90. The van der Waals surface area contributed by atoms with E-state index in [0.717, 1.165) is 35.4 Å². The molecule has 0 saturated carbocycles. The molecule has 2 aromatic carbocycles. The summed E-state index contributed by atoms with van der Waals surface area (Å²) >= 11 is 0. The van der Waals surface area contributed by atoms with Crippen LogP contribution in [0.1, 0.15) is 29.0 Å². The van der Waals surface area contributed by atoms with Gasteiger partial charge in [-0.25, -0.2) is 4.98 Å². The van der Waals surface area contributed by atoms with E-state index in [1.54, 1.807) is 0 Å². The van der Waals surface area contributed by atoms with Crippen molar-refractivity contribution in [3.63, 3.8) is 0 Å². The highest BCUT2D eigenvalue weighted by atomic mass is 16.4. The summed E-state index contributed by atoms with van der Waals surface area (Å²) < 4.78 is 5.81. The van der Waals surface area contributed by atoms with Crippen LogP contribution in [0.15, 0.2) is 65.6 Å². The fourth-order valence-electron chi connectivity index (χ4n) is 2.57. The molecule has 0 unspecified atom stereocenters. The fraction of sp³-hybridized carbons (Fsp3) is 0.190. The lowest BCUT2D eigenvalue weighted by atomic mass is 10.0. The molecule has 3 rings (SSSR count). The first-order valence-electron chi connectivity index (χ1n) is 7.90. The Kier molecular flexibility index (Phi) is 4.42. The number of rotatable bonds is 5. The second kappa shape index (κ2) is 6.66. The van der Waals surface area contributed by atoms with Crippen LogP contribution in [0.2, 0.25) is 0 Å². The Morgan fingerprint density at radius 2 is 1.70 bits per heavy atom. The van der Waals surface area contributed by atoms with Crippen LogP contribution in [0.5, 0.6) is 0 Å². The highest BCUT2D eigenvalue weighted by Gasteiger charge is 2.11. The van der Waals surface area contributed by atoms with Crippen LogP contribution in [0.4, 0.5) is 0 Å². The van der Waals surface area contributed by atoms with Gasteiger partial charge in [-0.15, -0.1) is 0 Å². The van der Waals surface area contributed by atoms with Gasteiger partial charge in [-0.2, -0.15) is 0 Å². The van der Waals surface area contributed by atoms with Crippen LogP contribution in [-0.4, -0.2) is 4.98 Å². The third kappa shape index (κ3) is 3.59. The van der Waals surface area contributed by atoms with Gasteiger partial charge in [0.2, 0.25) is 5.89 Å². The molecule has 0 N–H and O–H groups in total. The Morgan fingerprint density at radius 3 is 2.39 bits per heavy atom. The second-order valence-electron chi connectivity index (χ2n) is 5.86. The summed E-state index contributed by atoms with van der Waals surface area (Å²) in [6.45, 7) is 8.28. The fourth-order valence-corrected chi connectivity index (χ4v) is 2.57. The Morgan fingerprint density at radius 1 is 1.00 bits per heavy atom. The third-order valence-corrected chi connectivity index (χ3v) is 4.04. The van der Waals surface area contributed by atoms with Crippen molar-refractivity contribution >= 4 is 5.57 Å². The predicted octanol–water partition coefficient (Wildman–Crippen LogP) is 5.60. The molecule has 0 aliphatic heterocycles. The molecule has 0 fully saturated rings. The molecule has 3 aromatic rings. The minimum Gasteiger partial charge on any atom is -0.441 e. The average molecular weight is 303 g/mol. The van der Waals surface area contributed by atoms with E-state index in [0.29, 0.717) is 5.89 Å². The first-order chi connectivity index (χ1) is 11.1. The molecular weight excluding hydrogens is 282 g/mol. The molecule has 1 aromatic heterocycles. The molecular formula is C21H21NO. The zero-order valence-electron chi connectivity index (χ0n) is 13.7. The van der Waals surface area contributed by atoms with E-state index >= 15 is 0 Å². The highest BCUT2D eigenvalue weighted by molar-refractivity contribution is 5.63. The average Bonchev–Trinajstić information content (AvgIpc) is 2.95. The zero-order chi connectivity index (χ0) is 16.2. The monoisotopic (exact) mass is 303 g/mol. The standard InChI is InChI=1S/C21H21NO/c1-15-9-12-18(13-10-15)16(2)11-14-20-17(3)23-21(22-20)19-7-5-4-6-8-19/h4-10,12-13H,2,11,14H2,1,3H3. The lowest BCUT2D eigenvalue weighted by Crippen LogP contribution is -1.91. The quantitative estimate of drug-likeness (QED) is 0.612. The van der Waals surface area contributed by atoms with Gasteiger partial charge in [0.25, 0.3) is 0 Å². The molecule has 2 heteroatoms. The van der Waals surface area contributed by atoms with Crippen molar-refractivity contribution in [2.45, 2.75) is 26.7 Å². The maximum atomic E-state index is 5.81. The summed E-state index contributed by atoms with van der Waals surface area (Å²) in [6.07, 6.45) is 1.72. The van der Waals surface area contributed by atoms with Gasteiger partial charge in [-0.05, 0) is 50.0 Å². The van der Waals surface area contributed by atoms with Crippen LogP contribution < -0.4 is 0 Å². The normalized spacial score (nSPS) is 10.7. The van der Waals surface area contributed by atoms with Crippen molar-refractivity contribution < 1.29 is 4.42 Å². The lowest BCUT2D eigenvalue weighted by Gasteiger charge is -2.05. The number of nitrogens with zero attached hydrogens (tertiary/aromatic N) is 1. The van der Waals surface area contributed by atoms with Gasteiger partial charge in [-0.1, -0.05) is 54.6 Å². The Labute approximate surface area is 137 Å². The van der Waals surface area contributed by atoms with Gasteiger partial charge < -0.3 is 4.42 Å². The van der Waals surface area contributed by atoms with Crippen molar-refractivity contribution in [1.29, 1.82) is 0 Å². The Balaban J connectivity index is 1.70. The Bertz CT molecular complexity index is 798. The van der Waals surface area contributed by atoms with E-state index < -0.39 is 0 Å². The molecule has 23 heavy (non-hydrogen) atoms. The minimum atomic E-state index is 0.694. The smallest absolute Gasteiger partial charge is 0.226 e. The van der Waals surface area contributed by atoms with Crippen LogP contribution in [0.3, 0.4) is 0 Å². The molecule has 0 atom stereocenters. The van der Waals surface area contributed by atoms with Crippen LogP contribution in [-0.2, 0) is 6.42 Å². The minimum absolute atomic E-state index is 0.694. The zero-order valence-corrected chi connectivity index (χ0v) is 13.7. The van der Waals surface area contributed by atoms with Gasteiger partial charge in [0.15, 0.2) is 0 Å².